The monoisotopic (exact) mass is 326 g/mol. The lowest BCUT2D eigenvalue weighted by molar-refractivity contribution is 0.0692. The fourth-order valence-electron chi connectivity index (χ4n) is 1.61. The number of carbonyl (C=O) groups is 1. The third kappa shape index (κ3) is 2.59. The van der Waals surface area contributed by atoms with Gasteiger partial charge in [-0.1, -0.05) is 27.7 Å². The molecule has 0 aliphatic rings. The molecule has 0 atom stereocenters. The average molecular weight is 327 g/mol. The summed E-state index contributed by atoms with van der Waals surface area (Å²) < 4.78 is 2.59. The van der Waals surface area contributed by atoms with Crippen molar-refractivity contribution in [3.8, 4) is 0 Å². The molecule has 1 N–H and O–H groups in total. The van der Waals surface area contributed by atoms with Gasteiger partial charge in [-0.15, -0.1) is 0 Å². The van der Waals surface area contributed by atoms with Crippen LogP contribution in [0.2, 0.25) is 0 Å². The van der Waals surface area contributed by atoms with E-state index < -0.39 is 5.97 Å². The zero-order valence-corrected chi connectivity index (χ0v) is 12.2. The first-order chi connectivity index (χ1) is 8.49. The van der Waals surface area contributed by atoms with E-state index in [2.05, 4.69) is 21.0 Å². The van der Waals surface area contributed by atoms with Gasteiger partial charge < -0.3 is 5.11 Å². The molecule has 1 aromatic carbocycles. The van der Waals surface area contributed by atoms with Crippen LogP contribution >= 0.6 is 27.7 Å². The summed E-state index contributed by atoms with van der Waals surface area (Å²) in [6, 6.07) is 7.71. The van der Waals surface area contributed by atoms with E-state index >= 15 is 0 Å². The van der Waals surface area contributed by atoms with Crippen molar-refractivity contribution in [1.82, 2.24) is 9.78 Å². The van der Waals surface area contributed by atoms with Gasteiger partial charge >= 0.3 is 5.97 Å². The molecule has 2 aromatic rings. The second kappa shape index (κ2) is 5.16. The van der Waals surface area contributed by atoms with Crippen LogP contribution in [-0.4, -0.2) is 20.9 Å². The lowest BCUT2D eigenvalue weighted by atomic mass is 10.3. The highest BCUT2D eigenvalue weighted by Crippen LogP contribution is 2.32. The maximum atomic E-state index is 11.2. The number of aromatic carboxylic acids is 1. The van der Waals surface area contributed by atoms with Crippen LogP contribution in [-0.2, 0) is 7.05 Å². The van der Waals surface area contributed by atoms with E-state index in [-0.39, 0.29) is 5.56 Å². The van der Waals surface area contributed by atoms with Crippen LogP contribution in [0, 0.1) is 6.92 Å². The minimum atomic E-state index is -0.944. The van der Waals surface area contributed by atoms with E-state index in [0.717, 1.165) is 9.37 Å². The summed E-state index contributed by atoms with van der Waals surface area (Å²) in [6.45, 7) is 1.70. The largest absolute Gasteiger partial charge is 0.478 e. The standard InChI is InChI=1S/C12H11BrN2O2S/c1-7-10(12(16)17)11(15(2)14-7)18-9-5-3-8(13)4-6-9/h3-6H,1-2H3,(H,16,17). The fraction of sp³-hybridized carbons (Fsp3) is 0.167. The molecule has 0 radical (unpaired) electrons. The number of benzene rings is 1. The molecule has 2 rings (SSSR count). The molecular formula is C12H11BrN2O2S. The van der Waals surface area contributed by atoms with E-state index in [4.69, 9.17) is 0 Å². The van der Waals surface area contributed by atoms with Crippen molar-refractivity contribution in [2.75, 3.05) is 0 Å². The number of aryl methyl sites for hydroxylation is 2. The van der Waals surface area contributed by atoms with Gasteiger partial charge in [0, 0.05) is 16.4 Å². The molecule has 6 heteroatoms. The quantitative estimate of drug-likeness (QED) is 0.939. The third-order valence-electron chi connectivity index (χ3n) is 2.41. The highest BCUT2D eigenvalue weighted by atomic mass is 79.9. The van der Waals surface area contributed by atoms with Crippen molar-refractivity contribution in [2.45, 2.75) is 16.8 Å². The Labute approximate surface area is 117 Å². The summed E-state index contributed by atoms with van der Waals surface area (Å²) >= 11 is 4.76. The summed E-state index contributed by atoms with van der Waals surface area (Å²) in [6.07, 6.45) is 0. The molecule has 4 nitrogen and oxygen atoms in total. The fourth-order valence-corrected chi connectivity index (χ4v) is 2.88. The number of rotatable bonds is 3. The molecule has 1 aromatic heterocycles. The van der Waals surface area contributed by atoms with Gasteiger partial charge in [-0.05, 0) is 31.2 Å². The van der Waals surface area contributed by atoms with Crippen molar-refractivity contribution in [1.29, 1.82) is 0 Å². The third-order valence-corrected chi connectivity index (χ3v) is 4.11. The van der Waals surface area contributed by atoms with Gasteiger partial charge in [-0.3, -0.25) is 4.68 Å². The molecular weight excluding hydrogens is 316 g/mol. The number of hydrogen-bond donors (Lipinski definition) is 1. The normalized spacial score (nSPS) is 10.6. The minimum absolute atomic E-state index is 0.269. The maximum absolute atomic E-state index is 11.2. The second-order valence-corrected chi connectivity index (χ2v) is 5.73. The van der Waals surface area contributed by atoms with Gasteiger partial charge in [0.25, 0.3) is 0 Å². The highest BCUT2D eigenvalue weighted by molar-refractivity contribution is 9.10. The molecule has 0 fully saturated rings. The molecule has 18 heavy (non-hydrogen) atoms. The van der Waals surface area contributed by atoms with E-state index in [0.29, 0.717) is 10.7 Å². The first-order valence-corrected chi connectivity index (χ1v) is 6.80. The Morgan fingerprint density at radius 2 is 2.00 bits per heavy atom. The van der Waals surface area contributed by atoms with Crippen LogP contribution in [0.25, 0.3) is 0 Å². The van der Waals surface area contributed by atoms with Crippen molar-refractivity contribution >= 4 is 33.7 Å². The highest BCUT2D eigenvalue weighted by Gasteiger charge is 2.20. The lowest BCUT2D eigenvalue weighted by Gasteiger charge is -2.03. The Bertz CT molecular complexity index is 593. The summed E-state index contributed by atoms with van der Waals surface area (Å²) in [5.74, 6) is -0.944. The van der Waals surface area contributed by atoms with Crippen LogP contribution in [0.1, 0.15) is 16.1 Å². The summed E-state index contributed by atoms with van der Waals surface area (Å²) in [5.41, 5.74) is 0.801. The van der Waals surface area contributed by atoms with Gasteiger partial charge in [0.05, 0.1) is 5.69 Å². The number of hydrogen-bond acceptors (Lipinski definition) is 3. The molecule has 0 aliphatic carbocycles. The Morgan fingerprint density at radius 1 is 1.39 bits per heavy atom. The smallest absolute Gasteiger partial charge is 0.340 e. The molecule has 0 saturated heterocycles. The average Bonchev–Trinajstić information content (AvgIpc) is 2.57. The lowest BCUT2D eigenvalue weighted by Crippen LogP contribution is -2.00. The Morgan fingerprint density at radius 3 is 2.56 bits per heavy atom. The van der Waals surface area contributed by atoms with Crippen molar-refractivity contribution in [2.24, 2.45) is 7.05 Å². The number of halogens is 1. The van der Waals surface area contributed by atoms with Gasteiger partial charge in [0.15, 0.2) is 0 Å². The number of nitrogens with zero attached hydrogens (tertiary/aromatic N) is 2. The van der Waals surface area contributed by atoms with Gasteiger partial charge in [-0.2, -0.15) is 5.10 Å². The Balaban J connectivity index is 2.39. The summed E-state index contributed by atoms with van der Waals surface area (Å²) in [5, 5.41) is 14.0. The van der Waals surface area contributed by atoms with Crippen LogP contribution in [0.5, 0.6) is 0 Å². The van der Waals surface area contributed by atoms with Gasteiger partial charge in [-0.25, -0.2) is 4.79 Å². The van der Waals surface area contributed by atoms with Crippen LogP contribution in [0.15, 0.2) is 38.7 Å². The first kappa shape index (κ1) is 13.2. The zero-order valence-electron chi connectivity index (χ0n) is 9.85. The van der Waals surface area contributed by atoms with Gasteiger partial charge in [0.2, 0.25) is 0 Å². The SMILES string of the molecule is Cc1nn(C)c(Sc2ccc(Br)cc2)c1C(=O)O. The second-order valence-electron chi connectivity index (χ2n) is 3.75. The predicted octanol–water partition coefficient (Wildman–Crippen LogP) is 3.34. The van der Waals surface area contributed by atoms with E-state index in [9.17, 15) is 9.90 Å². The summed E-state index contributed by atoms with van der Waals surface area (Å²) in [7, 11) is 1.75. The predicted molar refractivity (Wildman–Crippen MR) is 73.2 cm³/mol. The number of aromatic nitrogens is 2. The van der Waals surface area contributed by atoms with Crippen molar-refractivity contribution < 1.29 is 9.90 Å². The first-order valence-electron chi connectivity index (χ1n) is 5.19. The van der Waals surface area contributed by atoms with Gasteiger partial charge in [0.1, 0.15) is 10.6 Å². The van der Waals surface area contributed by atoms with E-state index in [1.165, 1.54) is 11.8 Å². The molecule has 0 saturated carbocycles. The maximum Gasteiger partial charge on any atom is 0.340 e. The van der Waals surface area contributed by atoms with Crippen LogP contribution < -0.4 is 0 Å². The molecule has 0 aliphatic heterocycles. The molecule has 1 heterocycles. The molecule has 94 valence electrons. The minimum Gasteiger partial charge on any atom is -0.478 e. The zero-order chi connectivity index (χ0) is 13.3. The number of carboxylic acids is 1. The van der Waals surface area contributed by atoms with Crippen molar-refractivity contribution in [3.63, 3.8) is 0 Å². The van der Waals surface area contributed by atoms with E-state index in [1.54, 1.807) is 18.7 Å². The molecule has 0 bridgehead atoms. The van der Waals surface area contributed by atoms with Crippen LogP contribution in [0.4, 0.5) is 0 Å². The van der Waals surface area contributed by atoms with Crippen molar-refractivity contribution in [3.05, 3.63) is 40.0 Å². The summed E-state index contributed by atoms with van der Waals surface area (Å²) in [4.78, 5) is 12.2. The Hall–Kier alpha value is -1.27. The molecule has 0 spiro atoms. The Kier molecular flexibility index (Phi) is 3.77. The molecule has 0 amide bonds. The molecule has 0 unspecified atom stereocenters. The topological polar surface area (TPSA) is 55.1 Å². The number of carboxylic acid groups (broad SMARTS) is 1. The van der Waals surface area contributed by atoms with E-state index in [1.807, 2.05) is 24.3 Å². The van der Waals surface area contributed by atoms with Crippen LogP contribution in [0.3, 0.4) is 0 Å².